The van der Waals surface area contributed by atoms with Crippen LogP contribution < -0.4 is 27.0 Å². The van der Waals surface area contributed by atoms with Crippen LogP contribution in [0.3, 0.4) is 0 Å². The van der Waals surface area contributed by atoms with Crippen molar-refractivity contribution in [1.29, 1.82) is 0 Å². The lowest BCUT2D eigenvalue weighted by Crippen LogP contribution is -2.48. The SMILES string of the molecule is Cc1cc(C(=O)NC2CCNCC2)ccc1-c1ccc(C[C@H](NC(=O)C2CCC(CN)CC2)C(=O)Nc2ccc(-c3n[nH]c(CC(C)C)n3)cc2)cc1.Cl. The number of rotatable bonds is 13. The van der Waals surface area contributed by atoms with Crippen LogP contribution in [-0.2, 0) is 22.4 Å². The molecule has 1 atom stereocenters. The van der Waals surface area contributed by atoms with E-state index < -0.39 is 6.04 Å². The fraction of sp³-hybridized carbons (Fsp3) is 0.452. The number of carbonyl (C=O) groups excluding carboxylic acids is 3. The Hall–Kier alpha value is -4.58. The molecule has 2 aliphatic rings. The third-order valence-corrected chi connectivity index (χ3v) is 10.6. The first-order valence-corrected chi connectivity index (χ1v) is 19.2. The fourth-order valence-electron chi connectivity index (χ4n) is 7.41. The highest BCUT2D eigenvalue weighted by atomic mass is 35.5. The van der Waals surface area contributed by atoms with Crippen molar-refractivity contribution in [3.63, 3.8) is 0 Å². The van der Waals surface area contributed by atoms with Gasteiger partial charge in [-0.15, -0.1) is 12.4 Å². The number of piperidine rings is 1. The Balaban J connectivity index is 0.00000561. The first-order valence-electron chi connectivity index (χ1n) is 19.2. The summed E-state index contributed by atoms with van der Waals surface area (Å²) in [5.74, 6) is 1.83. The number of halogens is 1. The average Bonchev–Trinajstić information content (AvgIpc) is 3.63. The zero-order chi connectivity index (χ0) is 37.3. The van der Waals surface area contributed by atoms with Gasteiger partial charge < -0.3 is 27.0 Å². The number of benzene rings is 3. The molecular weight excluding hydrogens is 700 g/mol. The van der Waals surface area contributed by atoms with E-state index in [4.69, 9.17) is 5.73 Å². The smallest absolute Gasteiger partial charge is 0.251 e. The van der Waals surface area contributed by atoms with Crippen molar-refractivity contribution >= 4 is 35.8 Å². The lowest BCUT2D eigenvalue weighted by Gasteiger charge is -2.28. The van der Waals surface area contributed by atoms with Crippen molar-refractivity contribution in [2.24, 2.45) is 23.5 Å². The molecule has 2 heterocycles. The second kappa shape index (κ2) is 19.1. The fourth-order valence-corrected chi connectivity index (χ4v) is 7.41. The molecule has 0 bridgehead atoms. The minimum Gasteiger partial charge on any atom is -0.349 e. The standard InChI is InChI=1S/C42H54N8O3.ClH/c1-26(2)22-38-48-39(50-49-38)31-12-15-34(16-13-31)46-42(53)37(47-40(51)32-10-6-29(25-43)7-11-32)24-28-4-8-30(9-5-28)36-17-14-33(23-27(36)3)41(52)45-35-18-20-44-21-19-35;/h4-5,8-9,12-17,23,26,29,32,35,37,44H,6-7,10-11,18-22,24-25,43H2,1-3H3,(H,45,52)(H,46,53)(H,47,51)(H,48,49,50);1H/t29?,32?,37-;/m0./s1. The molecular formula is C42H55ClN8O3. The highest BCUT2D eigenvalue weighted by Gasteiger charge is 2.29. The summed E-state index contributed by atoms with van der Waals surface area (Å²) in [7, 11) is 0. The van der Waals surface area contributed by atoms with Crippen LogP contribution >= 0.6 is 12.4 Å². The number of aromatic nitrogens is 3. The Morgan fingerprint density at radius 2 is 1.56 bits per heavy atom. The Kier molecular flexibility index (Phi) is 14.4. The Morgan fingerprint density at radius 1 is 0.870 bits per heavy atom. The lowest BCUT2D eigenvalue weighted by atomic mass is 9.81. The number of carbonyl (C=O) groups is 3. The number of hydrogen-bond donors (Lipinski definition) is 6. The molecule has 54 heavy (non-hydrogen) atoms. The predicted octanol–water partition coefficient (Wildman–Crippen LogP) is 5.98. The van der Waals surface area contributed by atoms with Gasteiger partial charge in [0.05, 0.1) is 0 Å². The molecule has 0 radical (unpaired) electrons. The van der Waals surface area contributed by atoms with E-state index in [-0.39, 0.29) is 42.1 Å². The van der Waals surface area contributed by atoms with Crippen LogP contribution in [0.4, 0.5) is 5.69 Å². The molecule has 2 fully saturated rings. The zero-order valence-corrected chi connectivity index (χ0v) is 32.4. The molecule has 0 unspecified atom stereocenters. The van der Waals surface area contributed by atoms with E-state index in [1.807, 2.05) is 73.7 Å². The van der Waals surface area contributed by atoms with Gasteiger partial charge >= 0.3 is 0 Å². The Morgan fingerprint density at radius 3 is 2.20 bits per heavy atom. The van der Waals surface area contributed by atoms with Gasteiger partial charge in [-0.2, -0.15) is 5.10 Å². The molecule has 1 aromatic heterocycles. The van der Waals surface area contributed by atoms with E-state index in [1.165, 1.54) is 0 Å². The summed E-state index contributed by atoms with van der Waals surface area (Å²) in [6.07, 6.45) is 6.42. The number of aromatic amines is 1. The van der Waals surface area contributed by atoms with Gasteiger partial charge in [0, 0.05) is 41.6 Å². The molecule has 3 amide bonds. The maximum atomic E-state index is 13.8. The van der Waals surface area contributed by atoms with Gasteiger partial charge in [0.1, 0.15) is 11.9 Å². The van der Waals surface area contributed by atoms with Crippen LogP contribution in [0.1, 0.15) is 79.7 Å². The van der Waals surface area contributed by atoms with Gasteiger partial charge in [-0.3, -0.25) is 19.5 Å². The van der Waals surface area contributed by atoms with E-state index in [0.717, 1.165) is 91.7 Å². The number of aryl methyl sites for hydroxylation is 1. The van der Waals surface area contributed by atoms with Crippen LogP contribution in [0.5, 0.6) is 0 Å². The normalized spacial score (nSPS) is 18.0. The molecule has 288 valence electrons. The number of H-pyrrole nitrogens is 1. The first kappa shape index (κ1) is 40.6. The van der Waals surface area contributed by atoms with Crippen molar-refractivity contribution in [2.45, 2.75) is 84.2 Å². The summed E-state index contributed by atoms with van der Waals surface area (Å²) in [4.78, 5) is 44.9. The number of hydrogen-bond acceptors (Lipinski definition) is 7. The Labute approximate surface area is 324 Å². The van der Waals surface area contributed by atoms with Crippen LogP contribution in [0.15, 0.2) is 66.7 Å². The second-order valence-electron chi connectivity index (χ2n) is 15.2. The molecule has 7 N–H and O–H groups in total. The second-order valence-corrected chi connectivity index (χ2v) is 15.2. The van der Waals surface area contributed by atoms with Gasteiger partial charge in [0.25, 0.3) is 5.91 Å². The summed E-state index contributed by atoms with van der Waals surface area (Å²) in [5, 5.41) is 20.0. The molecule has 3 aromatic carbocycles. The summed E-state index contributed by atoms with van der Waals surface area (Å²) >= 11 is 0. The van der Waals surface area contributed by atoms with Gasteiger partial charge in [0.15, 0.2) is 5.82 Å². The predicted molar refractivity (Wildman–Crippen MR) is 216 cm³/mol. The molecule has 1 aliphatic carbocycles. The molecule has 4 aromatic rings. The maximum absolute atomic E-state index is 13.8. The minimum atomic E-state index is -0.772. The molecule has 1 saturated carbocycles. The van der Waals surface area contributed by atoms with Crippen LogP contribution in [0.25, 0.3) is 22.5 Å². The molecule has 1 aliphatic heterocycles. The van der Waals surface area contributed by atoms with E-state index in [9.17, 15) is 14.4 Å². The van der Waals surface area contributed by atoms with Gasteiger partial charge in [-0.25, -0.2) is 4.98 Å². The van der Waals surface area contributed by atoms with E-state index in [1.54, 1.807) is 0 Å². The Bertz CT molecular complexity index is 1850. The maximum Gasteiger partial charge on any atom is 0.251 e. The van der Waals surface area contributed by atoms with Crippen molar-refractivity contribution in [3.8, 4) is 22.5 Å². The lowest BCUT2D eigenvalue weighted by molar-refractivity contribution is -0.130. The molecule has 6 rings (SSSR count). The number of nitrogens with zero attached hydrogens (tertiary/aromatic N) is 2. The van der Waals surface area contributed by atoms with Crippen molar-refractivity contribution < 1.29 is 14.4 Å². The van der Waals surface area contributed by atoms with Gasteiger partial charge in [0.2, 0.25) is 11.8 Å². The minimum absolute atomic E-state index is 0. The van der Waals surface area contributed by atoms with Crippen LogP contribution in [0, 0.1) is 24.7 Å². The number of anilines is 1. The topological polar surface area (TPSA) is 167 Å². The number of nitrogens with two attached hydrogens (primary N) is 1. The van der Waals surface area contributed by atoms with E-state index >= 15 is 0 Å². The molecule has 12 heteroatoms. The third kappa shape index (κ3) is 10.8. The van der Waals surface area contributed by atoms with Gasteiger partial charge in [-0.1, -0.05) is 44.2 Å². The monoisotopic (exact) mass is 754 g/mol. The quantitative estimate of drug-likeness (QED) is 0.0977. The van der Waals surface area contributed by atoms with Crippen molar-refractivity contribution in [3.05, 3.63) is 89.2 Å². The summed E-state index contributed by atoms with van der Waals surface area (Å²) < 4.78 is 0. The highest BCUT2D eigenvalue weighted by molar-refractivity contribution is 5.98. The van der Waals surface area contributed by atoms with Crippen LogP contribution in [-0.4, -0.2) is 64.6 Å². The molecule has 0 spiro atoms. The largest absolute Gasteiger partial charge is 0.349 e. The van der Waals surface area contributed by atoms with E-state index in [2.05, 4.69) is 50.3 Å². The number of nitrogens with one attached hydrogen (secondary N) is 5. The summed E-state index contributed by atoms with van der Waals surface area (Å²) in [6.45, 7) is 8.77. The average molecular weight is 755 g/mol. The van der Waals surface area contributed by atoms with E-state index in [0.29, 0.717) is 41.9 Å². The van der Waals surface area contributed by atoms with Crippen LogP contribution in [0.2, 0.25) is 0 Å². The third-order valence-electron chi connectivity index (χ3n) is 10.6. The first-order chi connectivity index (χ1) is 25.6. The van der Waals surface area contributed by atoms with Gasteiger partial charge in [-0.05, 0) is 136 Å². The summed E-state index contributed by atoms with van der Waals surface area (Å²) in [6, 6.07) is 20.8. The van der Waals surface area contributed by atoms with Crippen molar-refractivity contribution in [1.82, 2.24) is 31.1 Å². The van der Waals surface area contributed by atoms with Crippen molar-refractivity contribution in [2.75, 3.05) is 25.0 Å². The zero-order valence-electron chi connectivity index (χ0n) is 31.6. The summed E-state index contributed by atoms with van der Waals surface area (Å²) in [5.41, 5.74) is 12.0. The highest BCUT2D eigenvalue weighted by Crippen LogP contribution is 2.29. The molecule has 11 nitrogen and oxygen atoms in total. The number of amides is 3. The molecule has 1 saturated heterocycles.